The highest BCUT2D eigenvalue weighted by molar-refractivity contribution is 7.89. The third-order valence-corrected chi connectivity index (χ3v) is 8.41. The van der Waals surface area contributed by atoms with Crippen LogP contribution in [0.2, 0.25) is 0 Å². The molecule has 0 radical (unpaired) electrons. The van der Waals surface area contributed by atoms with E-state index in [4.69, 9.17) is 4.74 Å². The van der Waals surface area contributed by atoms with Crippen molar-refractivity contribution in [3.8, 4) is 11.6 Å². The first-order valence-corrected chi connectivity index (χ1v) is 13.6. The smallest absolute Gasteiger partial charge is 0.356 e. The first kappa shape index (κ1) is 27.6. The predicted octanol–water partition coefficient (Wildman–Crippen LogP) is 3.01. The van der Waals surface area contributed by atoms with E-state index in [1.165, 1.54) is 21.1 Å². The first-order valence-electron chi connectivity index (χ1n) is 12.2. The fourth-order valence-corrected chi connectivity index (χ4v) is 5.69. The van der Waals surface area contributed by atoms with Crippen molar-refractivity contribution in [3.05, 3.63) is 29.5 Å². The number of aromatic carboxylic acids is 1. The fourth-order valence-electron chi connectivity index (χ4n) is 4.13. The van der Waals surface area contributed by atoms with Gasteiger partial charge in [-0.05, 0) is 51.9 Å². The van der Waals surface area contributed by atoms with Gasteiger partial charge in [-0.15, -0.1) is 0 Å². The number of carboxylic acid groups (broad SMARTS) is 1. The van der Waals surface area contributed by atoms with Crippen molar-refractivity contribution in [2.75, 3.05) is 38.5 Å². The molecule has 2 aromatic rings. The monoisotopic (exact) mass is 521 g/mol. The van der Waals surface area contributed by atoms with Crippen molar-refractivity contribution in [2.24, 2.45) is 5.92 Å². The molecule has 0 aliphatic carbocycles. The van der Waals surface area contributed by atoms with Crippen LogP contribution in [0.15, 0.2) is 23.1 Å². The Labute approximate surface area is 212 Å². The molecule has 0 saturated carbocycles. The number of hydrogen-bond acceptors (Lipinski definition) is 7. The number of carboxylic acids is 1. The van der Waals surface area contributed by atoms with E-state index in [1.807, 2.05) is 25.8 Å². The summed E-state index contributed by atoms with van der Waals surface area (Å²) in [5.74, 6) is -1.38. The summed E-state index contributed by atoms with van der Waals surface area (Å²) >= 11 is 0. The van der Waals surface area contributed by atoms with Gasteiger partial charge in [0, 0.05) is 49.9 Å². The van der Waals surface area contributed by atoms with Crippen LogP contribution >= 0.6 is 0 Å². The highest BCUT2D eigenvalue weighted by Gasteiger charge is 2.32. The van der Waals surface area contributed by atoms with Crippen molar-refractivity contribution in [1.82, 2.24) is 19.0 Å². The molecule has 0 spiro atoms. The minimum atomic E-state index is -3.98. The van der Waals surface area contributed by atoms with Crippen LogP contribution in [0.5, 0.6) is 11.6 Å². The third-order valence-electron chi connectivity index (χ3n) is 6.49. The van der Waals surface area contributed by atoms with Crippen molar-refractivity contribution in [1.29, 1.82) is 0 Å². The molecule has 11 nitrogen and oxygen atoms in total. The molecule has 2 N–H and O–H groups in total. The number of rotatable bonds is 10. The van der Waals surface area contributed by atoms with Crippen LogP contribution in [-0.2, 0) is 21.4 Å². The number of nitrogens with one attached hydrogen (secondary N) is 1. The van der Waals surface area contributed by atoms with Gasteiger partial charge in [-0.3, -0.25) is 4.79 Å². The maximum atomic E-state index is 13.7. The quantitative estimate of drug-likeness (QED) is 0.487. The largest absolute Gasteiger partial charge is 0.476 e. The van der Waals surface area contributed by atoms with Gasteiger partial charge in [0.15, 0.2) is 5.69 Å². The van der Waals surface area contributed by atoms with E-state index in [9.17, 15) is 23.1 Å². The van der Waals surface area contributed by atoms with E-state index >= 15 is 0 Å². The number of ether oxygens (including phenoxy) is 1. The Hall–Kier alpha value is -2.96. The highest BCUT2D eigenvalue weighted by atomic mass is 32.2. The molecule has 36 heavy (non-hydrogen) atoms. The van der Waals surface area contributed by atoms with Crippen LogP contribution in [0.25, 0.3) is 0 Å². The maximum absolute atomic E-state index is 13.7. The van der Waals surface area contributed by atoms with Crippen molar-refractivity contribution in [3.63, 3.8) is 0 Å². The molecular weight excluding hydrogens is 486 g/mol. The predicted molar refractivity (Wildman–Crippen MR) is 135 cm³/mol. The lowest BCUT2D eigenvalue weighted by Crippen LogP contribution is -2.47. The van der Waals surface area contributed by atoms with Crippen molar-refractivity contribution >= 4 is 27.6 Å². The second-order valence-electron chi connectivity index (χ2n) is 8.87. The molecule has 1 aliphatic heterocycles. The number of carbonyl (C=O) groups excluding carboxylic acids is 1. The van der Waals surface area contributed by atoms with Gasteiger partial charge in [-0.2, -0.15) is 9.40 Å². The van der Waals surface area contributed by atoms with Gasteiger partial charge in [0.05, 0.1) is 0 Å². The Balaban J connectivity index is 2.07. The molecule has 1 aromatic carbocycles. The van der Waals surface area contributed by atoms with E-state index in [-0.39, 0.29) is 34.0 Å². The summed E-state index contributed by atoms with van der Waals surface area (Å²) < 4.78 is 36.3. The average Bonchev–Trinajstić information content (AvgIpc) is 3.16. The van der Waals surface area contributed by atoms with Crippen LogP contribution < -0.4 is 10.1 Å². The van der Waals surface area contributed by atoms with E-state index in [2.05, 4.69) is 10.4 Å². The standard InChI is InChI=1S/C24H35N5O6S/c1-6-17(7-2)22(30)25-18-9-10-19(35-23-16(4)21(24(31)32)26-29(23)8-3)20(15-18)36(33,34)28-13-11-27(5)12-14-28/h9-10,15,17H,6-8,11-14H2,1-5H3,(H,25,30)(H,31,32). The summed E-state index contributed by atoms with van der Waals surface area (Å²) in [6.45, 7) is 9.34. The normalized spacial score (nSPS) is 15.3. The van der Waals surface area contributed by atoms with E-state index in [0.29, 0.717) is 56.8 Å². The fraction of sp³-hybridized carbons (Fsp3) is 0.542. The van der Waals surface area contributed by atoms with Crippen LogP contribution in [-0.4, -0.2) is 77.6 Å². The van der Waals surface area contributed by atoms with Gasteiger partial charge in [-0.1, -0.05) is 13.8 Å². The maximum Gasteiger partial charge on any atom is 0.356 e. The Morgan fingerprint density at radius 3 is 2.33 bits per heavy atom. The molecular formula is C24H35N5O6S. The number of carbonyl (C=O) groups is 2. The summed E-state index contributed by atoms with van der Waals surface area (Å²) in [4.78, 5) is 26.2. The van der Waals surface area contributed by atoms with Crippen LogP contribution in [0.4, 0.5) is 5.69 Å². The average molecular weight is 522 g/mol. The minimum absolute atomic E-state index is 0.0316. The number of benzene rings is 1. The number of amides is 1. The second kappa shape index (κ2) is 11.4. The molecule has 2 heterocycles. The van der Waals surface area contributed by atoms with E-state index < -0.39 is 16.0 Å². The number of aryl methyl sites for hydroxylation is 1. The lowest BCUT2D eigenvalue weighted by atomic mass is 10.0. The van der Waals surface area contributed by atoms with Gasteiger partial charge >= 0.3 is 5.97 Å². The summed E-state index contributed by atoms with van der Waals surface area (Å²) in [6.07, 6.45) is 1.34. The SMILES string of the molecule is CCC(CC)C(=O)Nc1ccc(Oc2c(C)c(C(=O)O)nn2CC)c(S(=O)(=O)N2CCN(C)CC2)c1. The van der Waals surface area contributed by atoms with Crippen molar-refractivity contribution in [2.45, 2.75) is 52.0 Å². The summed E-state index contributed by atoms with van der Waals surface area (Å²) in [5, 5.41) is 16.4. The Bertz CT molecular complexity index is 1210. The zero-order valence-corrected chi connectivity index (χ0v) is 22.3. The molecule has 1 amide bonds. The zero-order valence-electron chi connectivity index (χ0n) is 21.4. The van der Waals surface area contributed by atoms with E-state index in [1.54, 1.807) is 19.9 Å². The zero-order chi connectivity index (χ0) is 26.6. The number of anilines is 1. The van der Waals surface area contributed by atoms with Gasteiger partial charge in [0.1, 0.15) is 10.6 Å². The Morgan fingerprint density at radius 2 is 1.78 bits per heavy atom. The molecule has 1 aliphatic rings. The summed E-state index contributed by atoms with van der Waals surface area (Å²) in [5.41, 5.74) is 0.474. The molecule has 12 heteroatoms. The van der Waals surface area contributed by atoms with Crippen LogP contribution in [0, 0.1) is 12.8 Å². The minimum Gasteiger partial charge on any atom is -0.476 e. The van der Waals surface area contributed by atoms with Crippen LogP contribution in [0.3, 0.4) is 0 Å². The molecule has 0 atom stereocenters. The van der Waals surface area contributed by atoms with Gasteiger partial charge in [0.2, 0.25) is 21.8 Å². The number of piperazine rings is 1. The molecule has 198 valence electrons. The van der Waals surface area contributed by atoms with Gasteiger partial charge < -0.3 is 20.1 Å². The Morgan fingerprint density at radius 1 is 1.14 bits per heavy atom. The molecule has 1 fully saturated rings. The lowest BCUT2D eigenvalue weighted by molar-refractivity contribution is -0.120. The van der Waals surface area contributed by atoms with Crippen molar-refractivity contribution < 1.29 is 27.9 Å². The second-order valence-corrected chi connectivity index (χ2v) is 10.8. The molecule has 1 aromatic heterocycles. The van der Waals surface area contributed by atoms with Gasteiger partial charge in [0.25, 0.3) is 0 Å². The number of aromatic nitrogens is 2. The number of sulfonamides is 1. The van der Waals surface area contributed by atoms with Gasteiger partial charge in [-0.25, -0.2) is 17.9 Å². The number of nitrogens with zero attached hydrogens (tertiary/aromatic N) is 4. The first-order chi connectivity index (χ1) is 17.0. The molecule has 0 unspecified atom stereocenters. The lowest BCUT2D eigenvalue weighted by Gasteiger charge is -2.32. The molecule has 0 bridgehead atoms. The number of hydrogen-bond donors (Lipinski definition) is 2. The third kappa shape index (κ3) is 5.71. The van der Waals surface area contributed by atoms with E-state index in [0.717, 1.165) is 0 Å². The molecule has 3 rings (SSSR count). The summed E-state index contributed by atoms with van der Waals surface area (Å²) in [6, 6.07) is 4.47. The highest BCUT2D eigenvalue weighted by Crippen LogP contribution is 2.36. The Kier molecular flexibility index (Phi) is 8.75. The molecule has 1 saturated heterocycles. The summed E-state index contributed by atoms with van der Waals surface area (Å²) in [7, 11) is -2.05. The topological polar surface area (TPSA) is 134 Å². The number of likely N-dealkylation sites (N-methyl/N-ethyl adjacent to an activating group) is 1. The van der Waals surface area contributed by atoms with Crippen LogP contribution in [0.1, 0.15) is 49.7 Å².